The Morgan fingerprint density at radius 3 is 2.35 bits per heavy atom. The number of carboxylic acid groups (broad SMARTS) is 1. The third-order valence-electron chi connectivity index (χ3n) is 4.35. The van der Waals surface area contributed by atoms with Crippen molar-refractivity contribution in [3.63, 3.8) is 0 Å². The highest BCUT2D eigenvalue weighted by Gasteiger charge is 2.25. The Balaban J connectivity index is 1.93. The van der Waals surface area contributed by atoms with Crippen LogP contribution in [0.1, 0.15) is 23.9 Å². The standard InChI is InChI=1S/C14H24N4O2/c1-10-13(11(2)16(4)15-10)9-17-5-7-18(8-6-17)12(3)14(19)20/h12H,5-9H2,1-4H3,(H,19,20). The molecule has 1 unspecified atom stereocenters. The second-order valence-electron chi connectivity index (χ2n) is 5.60. The summed E-state index contributed by atoms with van der Waals surface area (Å²) in [4.78, 5) is 15.4. The summed E-state index contributed by atoms with van der Waals surface area (Å²) >= 11 is 0. The highest BCUT2D eigenvalue weighted by molar-refractivity contribution is 5.72. The second kappa shape index (κ2) is 5.93. The van der Waals surface area contributed by atoms with E-state index >= 15 is 0 Å². The predicted molar refractivity (Wildman–Crippen MR) is 76.6 cm³/mol. The molecule has 2 rings (SSSR count). The molecule has 0 saturated carbocycles. The molecule has 1 aromatic heterocycles. The quantitative estimate of drug-likeness (QED) is 0.876. The van der Waals surface area contributed by atoms with Crippen molar-refractivity contribution < 1.29 is 9.90 Å². The van der Waals surface area contributed by atoms with Crippen LogP contribution in [-0.2, 0) is 18.4 Å². The average molecular weight is 280 g/mol. The van der Waals surface area contributed by atoms with Crippen LogP contribution in [-0.4, -0.2) is 62.9 Å². The lowest BCUT2D eigenvalue weighted by Gasteiger charge is -2.36. The molecule has 20 heavy (non-hydrogen) atoms. The third kappa shape index (κ3) is 3.02. The van der Waals surface area contributed by atoms with Gasteiger partial charge >= 0.3 is 5.97 Å². The number of rotatable bonds is 4. The summed E-state index contributed by atoms with van der Waals surface area (Å²) in [5.41, 5.74) is 3.60. The molecule has 0 aliphatic carbocycles. The van der Waals surface area contributed by atoms with E-state index in [0.29, 0.717) is 0 Å². The Labute approximate surface area is 120 Å². The number of piperazine rings is 1. The first-order valence-electron chi connectivity index (χ1n) is 7.08. The van der Waals surface area contributed by atoms with Crippen LogP contribution < -0.4 is 0 Å². The number of hydrogen-bond acceptors (Lipinski definition) is 4. The highest BCUT2D eigenvalue weighted by atomic mass is 16.4. The van der Waals surface area contributed by atoms with Gasteiger partial charge in [0.2, 0.25) is 0 Å². The van der Waals surface area contributed by atoms with Crippen molar-refractivity contribution in [1.82, 2.24) is 19.6 Å². The van der Waals surface area contributed by atoms with Crippen LogP contribution in [0.2, 0.25) is 0 Å². The van der Waals surface area contributed by atoms with Crippen LogP contribution in [0.3, 0.4) is 0 Å². The number of carbonyl (C=O) groups is 1. The molecule has 1 fully saturated rings. The molecule has 1 aliphatic rings. The van der Waals surface area contributed by atoms with E-state index in [1.807, 2.05) is 23.6 Å². The molecule has 1 saturated heterocycles. The normalized spacial score (nSPS) is 19.2. The van der Waals surface area contributed by atoms with E-state index in [-0.39, 0.29) is 6.04 Å². The zero-order valence-electron chi connectivity index (χ0n) is 12.8. The lowest BCUT2D eigenvalue weighted by atomic mass is 10.1. The second-order valence-corrected chi connectivity index (χ2v) is 5.60. The topological polar surface area (TPSA) is 61.6 Å². The Morgan fingerprint density at radius 1 is 1.30 bits per heavy atom. The summed E-state index contributed by atoms with van der Waals surface area (Å²) in [6.45, 7) is 10.2. The fourth-order valence-corrected chi connectivity index (χ4v) is 2.73. The number of aromatic nitrogens is 2. The summed E-state index contributed by atoms with van der Waals surface area (Å²) in [5, 5.41) is 13.5. The zero-order chi connectivity index (χ0) is 14.9. The summed E-state index contributed by atoms with van der Waals surface area (Å²) in [6, 6.07) is -0.390. The van der Waals surface area contributed by atoms with Gasteiger partial charge in [0.05, 0.1) is 5.69 Å². The number of hydrogen-bond donors (Lipinski definition) is 1. The molecule has 1 atom stereocenters. The van der Waals surface area contributed by atoms with E-state index < -0.39 is 5.97 Å². The van der Waals surface area contributed by atoms with E-state index in [9.17, 15) is 4.79 Å². The molecule has 1 aliphatic heterocycles. The Morgan fingerprint density at radius 2 is 1.90 bits per heavy atom. The maximum Gasteiger partial charge on any atom is 0.320 e. The molecule has 0 aromatic carbocycles. The fourth-order valence-electron chi connectivity index (χ4n) is 2.73. The van der Waals surface area contributed by atoms with Crippen molar-refractivity contribution in [2.45, 2.75) is 33.4 Å². The van der Waals surface area contributed by atoms with Gasteiger partial charge in [-0.25, -0.2) is 0 Å². The first-order valence-corrected chi connectivity index (χ1v) is 7.08. The van der Waals surface area contributed by atoms with Crippen LogP contribution >= 0.6 is 0 Å². The molecule has 0 radical (unpaired) electrons. The van der Waals surface area contributed by atoms with Crippen molar-refractivity contribution in [2.24, 2.45) is 7.05 Å². The highest BCUT2D eigenvalue weighted by Crippen LogP contribution is 2.16. The number of nitrogens with zero attached hydrogens (tertiary/aromatic N) is 4. The van der Waals surface area contributed by atoms with E-state index in [1.165, 1.54) is 11.3 Å². The third-order valence-corrected chi connectivity index (χ3v) is 4.35. The van der Waals surface area contributed by atoms with Crippen LogP contribution in [0.5, 0.6) is 0 Å². The lowest BCUT2D eigenvalue weighted by Crippen LogP contribution is -2.51. The van der Waals surface area contributed by atoms with Crippen molar-refractivity contribution in [1.29, 1.82) is 0 Å². The summed E-state index contributed by atoms with van der Waals surface area (Å²) in [6.07, 6.45) is 0. The van der Waals surface area contributed by atoms with Gasteiger partial charge in [0, 0.05) is 51.0 Å². The van der Waals surface area contributed by atoms with Crippen LogP contribution in [0.4, 0.5) is 0 Å². The molecular weight excluding hydrogens is 256 g/mol. The zero-order valence-corrected chi connectivity index (χ0v) is 12.8. The minimum Gasteiger partial charge on any atom is -0.480 e. The molecule has 2 heterocycles. The molecule has 112 valence electrons. The Kier molecular flexibility index (Phi) is 4.45. The largest absolute Gasteiger partial charge is 0.480 e. The van der Waals surface area contributed by atoms with Gasteiger partial charge in [-0.3, -0.25) is 19.3 Å². The van der Waals surface area contributed by atoms with Gasteiger partial charge in [-0.2, -0.15) is 5.10 Å². The molecule has 6 heteroatoms. The molecule has 0 spiro atoms. The van der Waals surface area contributed by atoms with Gasteiger partial charge in [-0.05, 0) is 20.8 Å². The Hall–Kier alpha value is -1.40. The predicted octanol–water partition coefficient (Wildman–Crippen LogP) is 0.628. The van der Waals surface area contributed by atoms with Crippen molar-refractivity contribution in [3.05, 3.63) is 17.0 Å². The Bertz CT molecular complexity index is 490. The van der Waals surface area contributed by atoms with E-state index in [4.69, 9.17) is 5.11 Å². The van der Waals surface area contributed by atoms with E-state index in [2.05, 4.69) is 16.9 Å². The average Bonchev–Trinajstić information content (AvgIpc) is 2.65. The van der Waals surface area contributed by atoms with Crippen molar-refractivity contribution in [3.8, 4) is 0 Å². The smallest absolute Gasteiger partial charge is 0.320 e. The fraction of sp³-hybridized carbons (Fsp3) is 0.714. The maximum atomic E-state index is 11.0. The first kappa shape index (κ1) is 15.0. The number of aliphatic carboxylic acids is 1. The maximum absolute atomic E-state index is 11.0. The van der Waals surface area contributed by atoms with Gasteiger partial charge in [-0.15, -0.1) is 0 Å². The first-order chi connectivity index (χ1) is 9.40. The van der Waals surface area contributed by atoms with E-state index in [1.54, 1.807) is 6.92 Å². The van der Waals surface area contributed by atoms with Gasteiger partial charge in [0.15, 0.2) is 0 Å². The van der Waals surface area contributed by atoms with Crippen LogP contribution in [0.25, 0.3) is 0 Å². The van der Waals surface area contributed by atoms with Gasteiger partial charge in [0.25, 0.3) is 0 Å². The van der Waals surface area contributed by atoms with Gasteiger partial charge in [-0.1, -0.05) is 0 Å². The number of carboxylic acids is 1. The molecule has 0 amide bonds. The van der Waals surface area contributed by atoms with Crippen molar-refractivity contribution in [2.75, 3.05) is 26.2 Å². The van der Waals surface area contributed by atoms with Crippen LogP contribution in [0.15, 0.2) is 0 Å². The minimum absolute atomic E-state index is 0.390. The monoisotopic (exact) mass is 280 g/mol. The molecular formula is C14H24N4O2. The summed E-state index contributed by atoms with van der Waals surface area (Å²) in [5.74, 6) is -0.739. The van der Waals surface area contributed by atoms with E-state index in [0.717, 1.165) is 38.4 Å². The van der Waals surface area contributed by atoms with Gasteiger partial charge in [0.1, 0.15) is 6.04 Å². The lowest BCUT2D eigenvalue weighted by molar-refractivity contribution is -0.143. The molecule has 6 nitrogen and oxygen atoms in total. The minimum atomic E-state index is -0.739. The SMILES string of the molecule is Cc1nn(C)c(C)c1CN1CCN(C(C)C(=O)O)CC1. The van der Waals surface area contributed by atoms with Gasteiger partial charge < -0.3 is 5.11 Å². The molecule has 1 aromatic rings. The number of aryl methyl sites for hydroxylation is 2. The molecule has 1 N–H and O–H groups in total. The van der Waals surface area contributed by atoms with Crippen molar-refractivity contribution >= 4 is 5.97 Å². The molecule has 0 bridgehead atoms. The van der Waals surface area contributed by atoms with Crippen LogP contribution in [0, 0.1) is 13.8 Å². The summed E-state index contributed by atoms with van der Waals surface area (Å²) in [7, 11) is 1.97. The summed E-state index contributed by atoms with van der Waals surface area (Å²) < 4.78 is 1.92.